The van der Waals surface area contributed by atoms with E-state index in [-0.39, 0.29) is 24.3 Å². The van der Waals surface area contributed by atoms with E-state index in [0.717, 1.165) is 22.2 Å². The van der Waals surface area contributed by atoms with Crippen LogP contribution in [0.5, 0.6) is 0 Å². The van der Waals surface area contributed by atoms with E-state index in [1.54, 1.807) is 11.1 Å². The monoisotopic (exact) mass is 589 g/mol. The van der Waals surface area contributed by atoms with Crippen molar-refractivity contribution in [2.24, 2.45) is 0 Å². The summed E-state index contributed by atoms with van der Waals surface area (Å²) in [4.78, 5) is 41.7. The first kappa shape index (κ1) is 29.6. The number of fused-ring (bicyclic) bond motifs is 1. The third-order valence-corrected chi connectivity index (χ3v) is 6.70. The number of rotatable bonds is 5. The maximum absolute atomic E-state index is 13.1. The number of aliphatic carboxylic acids is 1. The van der Waals surface area contributed by atoms with Gasteiger partial charge < -0.3 is 24.7 Å². The standard InChI is InChI=1S/C25H25N5O3S.C2HF3O2/c31-23-22-20(10-11-27-22)30(24(34)28-23)15-18-8-4-5-9-19(18)21-14-26-12-13-29(21)25(32)33-16-17-6-2-1-3-7-17;3-2(4,5)1(6)7/h1-11,21,26-27H,12-16H2,(H,28,31,34);(H,6,7). The first-order valence-electron chi connectivity index (χ1n) is 12.4. The van der Waals surface area contributed by atoms with Crippen LogP contribution in [-0.4, -0.2) is 62.4 Å². The van der Waals surface area contributed by atoms with Crippen LogP contribution < -0.4 is 10.9 Å². The van der Waals surface area contributed by atoms with Crippen molar-refractivity contribution in [2.75, 3.05) is 19.6 Å². The molecule has 5 rings (SSSR count). The second kappa shape index (κ2) is 12.8. The van der Waals surface area contributed by atoms with E-state index in [2.05, 4.69) is 15.3 Å². The Hall–Kier alpha value is -4.43. The summed E-state index contributed by atoms with van der Waals surface area (Å²) >= 11 is 5.47. The summed E-state index contributed by atoms with van der Waals surface area (Å²) in [5.74, 6) is -2.76. The third-order valence-electron chi connectivity index (χ3n) is 6.38. The number of nitrogens with one attached hydrogen (secondary N) is 3. The topological polar surface area (TPSA) is 132 Å². The van der Waals surface area contributed by atoms with Gasteiger partial charge in [0.15, 0.2) is 4.77 Å². The maximum Gasteiger partial charge on any atom is 0.490 e. The molecule has 1 atom stereocenters. The number of amides is 1. The number of H-pyrrole nitrogens is 2. The molecule has 0 spiro atoms. The van der Waals surface area contributed by atoms with E-state index in [1.165, 1.54) is 0 Å². The third kappa shape index (κ3) is 7.21. The molecular weight excluding hydrogens is 563 g/mol. The zero-order valence-electron chi connectivity index (χ0n) is 21.5. The van der Waals surface area contributed by atoms with Crippen molar-refractivity contribution in [1.82, 2.24) is 24.8 Å². The molecule has 10 nitrogen and oxygen atoms in total. The van der Waals surface area contributed by atoms with E-state index in [0.29, 0.717) is 36.5 Å². The molecule has 4 N–H and O–H groups in total. The molecule has 1 unspecified atom stereocenters. The van der Waals surface area contributed by atoms with Crippen molar-refractivity contribution in [3.63, 3.8) is 0 Å². The molecule has 2 aromatic heterocycles. The van der Waals surface area contributed by atoms with Crippen LogP contribution in [0.25, 0.3) is 11.0 Å². The Morgan fingerprint density at radius 3 is 2.46 bits per heavy atom. The summed E-state index contributed by atoms with van der Waals surface area (Å²) < 4.78 is 39.6. The number of benzene rings is 2. The van der Waals surface area contributed by atoms with Crippen molar-refractivity contribution in [2.45, 2.75) is 25.4 Å². The van der Waals surface area contributed by atoms with Crippen molar-refractivity contribution in [3.8, 4) is 0 Å². The Morgan fingerprint density at radius 1 is 1.07 bits per heavy atom. The van der Waals surface area contributed by atoms with Gasteiger partial charge in [0.2, 0.25) is 0 Å². The normalized spacial score (nSPS) is 15.2. The van der Waals surface area contributed by atoms with E-state index in [4.69, 9.17) is 26.9 Å². The molecule has 0 saturated carbocycles. The number of hydrogen-bond acceptors (Lipinski definition) is 6. The number of hydrogen-bond donors (Lipinski definition) is 4. The van der Waals surface area contributed by atoms with Gasteiger partial charge in [-0.2, -0.15) is 13.2 Å². The number of piperazine rings is 1. The number of carbonyl (C=O) groups is 2. The first-order valence-corrected chi connectivity index (χ1v) is 12.8. The maximum atomic E-state index is 13.1. The molecular formula is C27H26F3N5O5S. The summed E-state index contributed by atoms with van der Waals surface area (Å²) in [6, 6.07) is 19.3. The van der Waals surface area contributed by atoms with E-state index < -0.39 is 12.1 Å². The largest absolute Gasteiger partial charge is 0.490 e. The number of halogens is 3. The van der Waals surface area contributed by atoms with Crippen LogP contribution >= 0.6 is 12.2 Å². The molecule has 1 saturated heterocycles. The van der Waals surface area contributed by atoms with Gasteiger partial charge in [0.05, 0.1) is 18.1 Å². The Balaban J connectivity index is 0.000000493. The lowest BCUT2D eigenvalue weighted by molar-refractivity contribution is -0.192. The van der Waals surface area contributed by atoms with Gasteiger partial charge in [-0.25, -0.2) is 9.59 Å². The Kier molecular flexibility index (Phi) is 9.24. The number of aromatic nitrogens is 3. The second-order valence-electron chi connectivity index (χ2n) is 9.04. The highest BCUT2D eigenvalue weighted by Crippen LogP contribution is 2.27. The van der Waals surface area contributed by atoms with Crippen LogP contribution in [0.15, 0.2) is 71.7 Å². The van der Waals surface area contributed by atoms with Gasteiger partial charge in [0.25, 0.3) is 5.56 Å². The SMILES string of the molecule is O=C(O)C(F)(F)F.O=C(OCc1ccccc1)N1CCNCC1c1ccccc1Cn1c(=S)[nH]c(=O)c2[nH]ccc21. The molecule has 14 heteroatoms. The molecule has 0 radical (unpaired) electrons. The van der Waals surface area contributed by atoms with Crippen LogP contribution in [0, 0.1) is 4.77 Å². The van der Waals surface area contributed by atoms with Crippen molar-refractivity contribution in [3.05, 3.63) is 98.7 Å². The molecule has 2 aromatic carbocycles. The summed E-state index contributed by atoms with van der Waals surface area (Å²) in [7, 11) is 0. The Bertz CT molecular complexity index is 1630. The van der Waals surface area contributed by atoms with Crippen LogP contribution in [0.3, 0.4) is 0 Å². The lowest BCUT2D eigenvalue weighted by atomic mass is 9.97. The van der Waals surface area contributed by atoms with E-state index in [1.807, 2.05) is 65.2 Å². The van der Waals surface area contributed by atoms with Crippen LogP contribution in [0.4, 0.5) is 18.0 Å². The molecule has 0 aliphatic carbocycles. The molecule has 1 aliphatic rings. The highest BCUT2D eigenvalue weighted by Gasteiger charge is 2.38. The van der Waals surface area contributed by atoms with Gasteiger partial charge in [-0.15, -0.1) is 0 Å². The minimum absolute atomic E-state index is 0.188. The fraction of sp³-hybridized carbons (Fsp3) is 0.259. The fourth-order valence-corrected chi connectivity index (χ4v) is 4.69. The van der Waals surface area contributed by atoms with Gasteiger partial charge in [-0.05, 0) is 35.0 Å². The fourth-order valence-electron chi connectivity index (χ4n) is 4.44. The smallest absolute Gasteiger partial charge is 0.475 e. The molecule has 1 aliphatic heterocycles. The van der Waals surface area contributed by atoms with Gasteiger partial charge in [0, 0.05) is 25.8 Å². The Morgan fingerprint density at radius 2 is 1.76 bits per heavy atom. The van der Waals surface area contributed by atoms with E-state index >= 15 is 0 Å². The highest BCUT2D eigenvalue weighted by molar-refractivity contribution is 7.71. The van der Waals surface area contributed by atoms with Crippen molar-refractivity contribution < 1.29 is 32.6 Å². The minimum atomic E-state index is -5.08. The summed E-state index contributed by atoms with van der Waals surface area (Å²) in [5, 5.41) is 10.5. The van der Waals surface area contributed by atoms with Crippen LogP contribution in [0.1, 0.15) is 22.7 Å². The zero-order valence-corrected chi connectivity index (χ0v) is 22.3. The number of carboxylic acids is 1. The van der Waals surface area contributed by atoms with E-state index in [9.17, 15) is 22.8 Å². The average Bonchev–Trinajstić information content (AvgIpc) is 3.45. The number of carboxylic acid groups (broad SMARTS) is 1. The molecule has 3 heterocycles. The second-order valence-corrected chi connectivity index (χ2v) is 9.43. The minimum Gasteiger partial charge on any atom is -0.475 e. The molecule has 1 fully saturated rings. The van der Waals surface area contributed by atoms with Gasteiger partial charge in [-0.3, -0.25) is 14.7 Å². The zero-order chi connectivity index (χ0) is 29.6. The van der Waals surface area contributed by atoms with Crippen LogP contribution in [-0.2, 0) is 22.7 Å². The molecule has 216 valence electrons. The summed E-state index contributed by atoms with van der Waals surface area (Å²) in [6.45, 7) is 2.56. The Labute approximate surface area is 236 Å². The van der Waals surface area contributed by atoms with Gasteiger partial charge in [-0.1, -0.05) is 54.6 Å². The van der Waals surface area contributed by atoms with Crippen LogP contribution in [0.2, 0.25) is 0 Å². The lowest BCUT2D eigenvalue weighted by Gasteiger charge is -2.36. The van der Waals surface area contributed by atoms with Gasteiger partial charge in [0.1, 0.15) is 12.1 Å². The molecule has 41 heavy (non-hydrogen) atoms. The quantitative estimate of drug-likeness (QED) is 0.255. The first-order chi connectivity index (χ1) is 19.6. The van der Waals surface area contributed by atoms with Crippen molar-refractivity contribution >= 4 is 35.3 Å². The predicted octanol–water partition coefficient (Wildman–Crippen LogP) is 4.35. The summed E-state index contributed by atoms with van der Waals surface area (Å²) in [6.07, 6.45) is -3.69. The molecule has 0 bridgehead atoms. The molecule has 4 aromatic rings. The number of nitrogens with zero attached hydrogens (tertiary/aromatic N) is 2. The molecule has 1 amide bonds. The van der Waals surface area contributed by atoms with Gasteiger partial charge >= 0.3 is 18.2 Å². The number of alkyl halides is 3. The number of ether oxygens (including phenoxy) is 1. The average molecular weight is 590 g/mol. The summed E-state index contributed by atoms with van der Waals surface area (Å²) in [5.41, 5.74) is 3.97. The predicted molar refractivity (Wildman–Crippen MR) is 146 cm³/mol. The highest BCUT2D eigenvalue weighted by atomic mass is 32.1. The van der Waals surface area contributed by atoms with Crippen molar-refractivity contribution in [1.29, 1.82) is 0 Å². The lowest BCUT2D eigenvalue weighted by Crippen LogP contribution is -2.49. The number of aromatic amines is 2. The number of carbonyl (C=O) groups excluding carboxylic acids is 1.